The van der Waals surface area contributed by atoms with Crippen LogP contribution in [0.15, 0.2) is 0 Å². The van der Waals surface area contributed by atoms with Crippen molar-refractivity contribution in [2.75, 3.05) is 26.8 Å². The molecule has 0 aromatic carbocycles. The monoisotopic (exact) mass is 274 g/mol. The molecule has 0 saturated carbocycles. The summed E-state index contributed by atoms with van der Waals surface area (Å²) in [5, 5.41) is 16.0. The summed E-state index contributed by atoms with van der Waals surface area (Å²) in [5.41, 5.74) is -0.854. The van der Waals surface area contributed by atoms with E-state index in [1.54, 1.807) is 14.0 Å². The molecule has 0 spiro atoms. The molecule has 2 atom stereocenters. The molecule has 0 aliphatic heterocycles. The zero-order valence-corrected chi connectivity index (χ0v) is 12.8. The molecular weight excluding hydrogens is 244 g/mol. The van der Waals surface area contributed by atoms with Gasteiger partial charge < -0.3 is 20.5 Å². The Kier molecular flexibility index (Phi) is 9.83. The predicted molar refractivity (Wildman–Crippen MR) is 77.1 cm³/mol. The molecule has 2 unspecified atom stereocenters. The first-order chi connectivity index (χ1) is 8.93. The highest BCUT2D eigenvalue weighted by Gasteiger charge is 2.22. The van der Waals surface area contributed by atoms with Crippen LogP contribution < -0.4 is 10.6 Å². The smallest absolute Gasteiger partial charge is 0.236 e. The number of nitrogens with one attached hydrogen (secondary N) is 2. The summed E-state index contributed by atoms with van der Waals surface area (Å²) >= 11 is 0. The van der Waals surface area contributed by atoms with Crippen LogP contribution in [-0.4, -0.2) is 49.5 Å². The number of hydrogen-bond acceptors (Lipinski definition) is 4. The third kappa shape index (κ3) is 9.87. The van der Waals surface area contributed by atoms with Gasteiger partial charge in [-0.1, -0.05) is 19.8 Å². The molecule has 0 aromatic heterocycles. The molecule has 5 nitrogen and oxygen atoms in total. The van der Waals surface area contributed by atoms with Gasteiger partial charge in [0.05, 0.1) is 11.6 Å². The molecule has 5 heteroatoms. The van der Waals surface area contributed by atoms with E-state index in [0.717, 1.165) is 25.8 Å². The highest BCUT2D eigenvalue weighted by atomic mass is 16.5. The van der Waals surface area contributed by atoms with Crippen molar-refractivity contribution in [2.24, 2.45) is 0 Å². The fourth-order valence-electron chi connectivity index (χ4n) is 1.62. The van der Waals surface area contributed by atoms with Crippen molar-refractivity contribution < 1.29 is 14.6 Å². The Balaban J connectivity index is 3.82. The first-order valence-corrected chi connectivity index (χ1v) is 7.15. The van der Waals surface area contributed by atoms with E-state index in [-0.39, 0.29) is 11.9 Å². The maximum Gasteiger partial charge on any atom is 0.236 e. The van der Waals surface area contributed by atoms with Crippen molar-refractivity contribution in [3.05, 3.63) is 0 Å². The standard InChI is InChI=1S/C14H30N2O3/c1-5-6-7-9-15-13(17)12(2)16-11-14(3,18)8-10-19-4/h12,16,18H,5-11H2,1-4H3,(H,15,17). The second kappa shape index (κ2) is 10.2. The summed E-state index contributed by atoms with van der Waals surface area (Å²) in [7, 11) is 1.61. The van der Waals surface area contributed by atoms with Crippen molar-refractivity contribution >= 4 is 5.91 Å². The van der Waals surface area contributed by atoms with E-state index >= 15 is 0 Å². The van der Waals surface area contributed by atoms with E-state index in [1.165, 1.54) is 0 Å². The lowest BCUT2D eigenvalue weighted by molar-refractivity contribution is -0.123. The molecule has 0 rings (SSSR count). The number of unbranched alkanes of at least 4 members (excludes halogenated alkanes) is 2. The SMILES string of the molecule is CCCCCNC(=O)C(C)NCC(C)(O)CCOC. The van der Waals surface area contributed by atoms with Crippen molar-refractivity contribution in [3.63, 3.8) is 0 Å². The van der Waals surface area contributed by atoms with Gasteiger partial charge in [0.2, 0.25) is 5.91 Å². The molecule has 0 bridgehead atoms. The molecule has 0 fully saturated rings. The fraction of sp³-hybridized carbons (Fsp3) is 0.929. The van der Waals surface area contributed by atoms with E-state index in [9.17, 15) is 9.90 Å². The van der Waals surface area contributed by atoms with Crippen LogP contribution in [0.25, 0.3) is 0 Å². The lowest BCUT2D eigenvalue weighted by atomic mass is 10.0. The summed E-state index contributed by atoms with van der Waals surface area (Å²) in [6.07, 6.45) is 3.84. The molecule has 0 aromatic rings. The first-order valence-electron chi connectivity index (χ1n) is 7.15. The quantitative estimate of drug-likeness (QED) is 0.493. The number of aliphatic hydroxyl groups is 1. The highest BCUT2D eigenvalue weighted by molar-refractivity contribution is 5.81. The van der Waals surface area contributed by atoms with Gasteiger partial charge in [0.25, 0.3) is 0 Å². The minimum Gasteiger partial charge on any atom is -0.389 e. The number of hydrogen-bond donors (Lipinski definition) is 3. The maximum absolute atomic E-state index is 11.8. The molecule has 1 amide bonds. The van der Waals surface area contributed by atoms with Gasteiger partial charge in [0.1, 0.15) is 0 Å². The Bertz CT molecular complexity index is 245. The maximum atomic E-state index is 11.8. The largest absolute Gasteiger partial charge is 0.389 e. The van der Waals surface area contributed by atoms with Crippen LogP contribution in [-0.2, 0) is 9.53 Å². The van der Waals surface area contributed by atoms with Crippen molar-refractivity contribution in [1.82, 2.24) is 10.6 Å². The molecule has 0 radical (unpaired) electrons. The zero-order chi connectivity index (χ0) is 14.7. The molecule has 19 heavy (non-hydrogen) atoms. The minimum absolute atomic E-state index is 0.0151. The highest BCUT2D eigenvalue weighted by Crippen LogP contribution is 2.07. The van der Waals surface area contributed by atoms with E-state index in [4.69, 9.17) is 4.74 Å². The lowest BCUT2D eigenvalue weighted by Crippen LogP contribution is -2.48. The van der Waals surface area contributed by atoms with Gasteiger partial charge in [0.15, 0.2) is 0 Å². The van der Waals surface area contributed by atoms with Crippen LogP contribution >= 0.6 is 0 Å². The summed E-state index contributed by atoms with van der Waals surface area (Å²) in [5.74, 6) is -0.0151. The summed E-state index contributed by atoms with van der Waals surface area (Å²) in [4.78, 5) is 11.8. The average molecular weight is 274 g/mol. The normalized spacial score (nSPS) is 15.8. The van der Waals surface area contributed by atoms with Crippen LogP contribution in [0.3, 0.4) is 0 Å². The average Bonchev–Trinajstić information content (AvgIpc) is 2.38. The Morgan fingerprint density at radius 3 is 2.68 bits per heavy atom. The van der Waals surface area contributed by atoms with E-state index in [2.05, 4.69) is 17.6 Å². The lowest BCUT2D eigenvalue weighted by Gasteiger charge is -2.25. The molecule has 114 valence electrons. The van der Waals surface area contributed by atoms with Crippen LogP contribution in [0.4, 0.5) is 0 Å². The van der Waals surface area contributed by atoms with E-state index in [1.807, 2.05) is 6.92 Å². The van der Waals surface area contributed by atoms with Gasteiger partial charge in [-0.15, -0.1) is 0 Å². The second-order valence-corrected chi connectivity index (χ2v) is 5.34. The van der Waals surface area contributed by atoms with Crippen LogP contribution in [0, 0.1) is 0 Å². The first kappa shape index (κ1) is 18.4. The van der Waals surface area contributed by atoms with Crippen LogP contribution in [0.5, 0.6) is 0 Å². The predicted octanol–water partition coefficient (Wildman–Crippen LogP) is 1.06. The summed E-state index contributed by atoms with van der Waals surface area (Å²) in [6, 6.07) is -0.296. The Morgan fingerprint density at radius 1 is 1.42 bits per heavy atom. The van der Waals surface area contributed by atoms with Gasteiger partial charge in [-0.3, -0.25) is 4.79 Å². The van der Waals surface area contributed by atoms with Crippen LogP contribution in [0.1, 0.15) is 46.5 Å². The minimum atomic E-state index is -0.854. The molecule has 0 aliphatic carbocycles. The Morgan fingerprint density at radius 2 is 2.11 bits per heavy atom. The van der Waals surface area contributed by atoms with Crippen molar-refractivity contribution in [3.8, 4) is 0 Å². The second-order valence-electron chi connectivity index (χ2n) is 5.34. The molecule has 0 saturated heterocycles. The third-order valence-corrected chi connectivity index (χ3v) is 3.11. The molecule has 0 heterocycles. The van der Waals surface area contributed by atoms with Crippen molar-refractivity contribution in [1.29, 1.82) is 0 Å². The van der Waals surface area contributed by atoms with Gasteiger partial charge in [0, 0.05) is 33.2 Å². The number of ether oxygens (including phenoxy) is 1. The van der Waals surface area contributed by atoms with Crippen LogP contribution in [0.2, 0.25) is 0 Å². The Labute approximate surface area is 117 Å². The van der Waals surface area contributed by atoms with Gasteiger partial charge in [-0.2, -0.15) is 0 Å². The fourth-order valence-corrected chi connectivity index (χ4v) is 1.62. The van der Waals surface area contributed by atoms with Gasteiger partial charge in [-0.25, -0.2) is 0 Å². The zero-order valence-electron chi connectivity index (χ0n) is 12.8. The number of amides is 1. The summed E-state index contributed by atoms with van der Waals surface area (Å²) in [6.45, 7) is 7.28. The third-order valence-electron chi connectivity index (χ3n) is 3.11. The molecule has 0 aliphatic rings. The number of carbonyl (C=O) groups is 1. The van der Waals surface area contributed by atoms with Gasteiger partial charge in [-0.05, 0) is 20.3 Å². The summed E-state index contributed by atoms with van der Waals surface area (Å²) < 4.78 is 4.94. The number of carbonyl (C=O) groups excluding carboxylic acids is 1. The Hall–Kier alpha value is -0.650. The van der Waals surface area contributed by atoms with Crippen molar-refractivity contribution in [2.45, 2.75) is 58.1 Å². The topological polar surface area (TPSA) is 70.6 Å². The van der Waals surface area contributed by atoms with E-state index in [0.29, 0.717) is 19.6 Å². The molecule has 3 N–H and O–H groups in total. The van der Waals surface area contributed by atoms with E-state index < -0.39 is 5.60 Å². The number of methoxy groups -OCH3 is 1. The van der Waals surface area contributed by atoms with Gasteiger partial charge >= 0.3 is 0 Å². The number of rotatable bonds is 11. The molecular formula is C14H30N2O3.